The van der Waals surface area contributed by atoms with Crippen LogP contribution in [0.15, 0.2) is 47.8 Å². The molecule has 5 nitrogen and oxygen atoms in total. The number of hydrogen-bond acceptors (Lipinski definition) is 4. The van der Waals surface area contributed by atoms with E-state index in [1.54, 1.807) is 35.0 Å². The monoisotopic (exact) mass is 303 g/mol. The lowest BCUT2D eigenvalue weighted by Gasteiger charge is -2.07. The summed E-state index contributed by atoms with van der Waals surface area (Å²) in [5.41, 5.74) is 1.76. The van der Waals surface area contributed by atoms with Crippen LogP contribution in [0.25, 0.3) is 16.9 Å². The van der Waals surface area contributed by atoms with Gasteiger partial charge in [0.15, 0.2) is 10.8 Å². The Balaban J connectivity index is 2.17. The van der Waals surface area contributed by atoms with Gasteiger partial charge in [0.2, 0.25) is 0 Å². The molecule has 0 radical (unpaired) electrons. The van der Waals surface area contributed by atoms with Gasteiger partial charge in [0.05, 0.1) is 11.4 Å². The van der Waals surface area contributed by atoms with Crippen molar-refractivity contribution in [2.75, 3.05) is 5.75 Å². The normalized spacial score (nSPS) is 10.9. The van der Waals surface area contributed by atoms with Crippen LogP contribution >= 0.6 is 11.8 Å². The smallest absolute Gasteiger partial charge is 0.313 e. The van der Waals surface area contributed by atoms with Gasteiger partial charge in [-0.05, 0) is 30.3 Å². The molecule has 3 rings (SSSR count). The molecule has 0 bridgehead atoms. The van der Waals surface area contributed by atoms with Gasteiger partial charge in [0, 0.05) is 6.20 Å². The molecule has 0 aliphatic rings. The standard InChI is InChI=1S/C14H10FN3O2S/c15-9-3-1-4-10(7-9)18-13-11(5-2-6-16-13)17-14(18)21-8-12(19)20/h1-7H,8H2,(H,19,20). The van der Waals surface area contributed by atoms with E-state index in [9.17, 15) is 9.18 Å². The summed E-state index contributed by atoms with van der Waals surface area (Å²) in [4.78, 5) is 19.4. The number of imidazole rings is 1. The van der Waals surface area contributed by atoms with Gasteiger partial charge >= 0.3 is 5.97 Å². The number of hydrogen-bond donors (Lipinski definition) is 1. The molecule has 0 atom stereocenters. The summed E-state index contributed by atoms with van der Waals surface area (Å²) < 4.78 is 15.1. The molecule has 106 valence electrons. The summed E-state index contributed by atoms with van der Waals surface area (Å²) in [6.45, 7) is 0. The molecular formula is C14H10FN3O2S. The van der Waals surface area contributed by atoms with Crippen LogP contribution in [0.5, 0.6) is 0 Å². The second-order valence-electron chi connectivity index (χ2n) is 4.24. The number of carboxylic acids is 1. The minimum atomic E-state index is -0.939. The number of carboxylic acid groups (broad SMARTS) is 1. The lowest BCUT2D eigenvalue weighted by molar-refractivity contribution is -0.133. The summed E-state index contributed by atoms with van der Waals surface area (Å²) in [7, 11) is 0. The van der Waals surface area contributed by atoms with Crippen molar-refractivity contribution in [1.82, 2.24) is 14.5 Å². The lowest BCUT2D eigenvalue weighted by atomic mass is 10.3. The van der Waals surface area contributed by atoms with Crippen molar-refractivity contribution >= 4 is 28.9 Å². The van der Waals surface area contributed by atoms with Crippen molar-refractivity contribution in [3.63, 3.8) is 0 Å². The number of carbonyl (C=O) groups is 1. The highest BCUT2D eigenvalue weighted by molar-refractivity contribution is 7.99. The van der Waals surface area contributed by atoms with E-state index in [0.717, 1.165) is 11.8 Å². The first-order valence-electron chi connectivity index (χ1n) is 6.09. The van der Waals surface area contributed by atoms with Gasteiger partial charge in [-0.2, -0.15) is 0 Å². The van der Waals surface area contributed by atoms with Crippen LogP contribution in [0.1, 0.15) is 0 Å². The predicted molar refractivity (Wildman–Crippen MR) is 77.2 cm³/mol. The second-order valence-corrected chi connectivity index (χ2v) is 5.18. The predicted octanol–water partition coefficient (Wildman–Crippen LogP) is 2.74. The zero-order valence-corrected chi connectivity index (χ0v) is 11.5. The van der Waals surface area contributed by atoms with E-state index in [1.165, 1.54) is 12.1 Å². The van der Waals surface area contributed by atoms with E-state index in [4.69, 9.17) is 5.11 Å². The number of pyridine rings is 1. The number of nitrogens with zero attached hydrogens (tertiary/aromatic N) is 3. The van der Waals surface area contributed by atoms with Gasteiger partial charge in [0.25, 0.3) is 0 Å². The van der Waals surface area contributed by atoms with Crippen LogP contribution in [0.3, 0.4) is 0 Å². The van der Waals surface area contributed by atoms with Crippen molar-refractivity contribution in [1.29, 1.82) is 0 Å². The van der Waals surface area contributed by atoms with Crippen molar-refractivity contribution < 1.29 is 14.3 Å². The van der Waals surface area contributed by atoms with Crippen molar-refractivity contribution in [2.24, 2.45) is 0 Å². The first-order valence-corrected chi connectivity index (χ1v) is 7.08. The van der Waals surface area contributed by atoms with Crippen LogP contribution in [0, 0.1) is 5.82 Å². The molecule has 3 aromatic rings. The van der Waals surface area contributed by atoms with Crippen molar-refractivity contribution in [2.45, 2.75) is 5.16 Å². The Kier molecular flexibility index (Phi) is 3.57. The molecule has 1 aromatic carbocycles. The average Bonchev–Trinajstić information content (AvgIpc) is 2.83. The minimum absolute atomic E-state index is 0.126. The van der Waals surface area contributed by atoms with Crippen LogP contribution in [0.2, 0.25) is 0 Å². The first kappa shape index (κ1) is 13.6. The minimum Gasteiger partial charge on any atom is -0.481 e. The van der Waals surface area contributed by atoms with Gasteiger partial charge in [-0.1, -0.05) is 17.8 Å². The fraction of sp³-hybridized carbons (Fsp3) is 0.0714. The van der Waals surface area contributed by atoms with E-state index < -0.39 is 5.97 Å². The number of benzene rings is 1. The zero-order chi connectivity index (χ0) is 14.8. The fourth-order valence-corrected chi connectivity index (χ4v) is 2.70. The largest absolute Gasteiger partial charge is 0.481 e. The summed E-state index contributed by atoms with van der Waals surface area (Å²) in [5.74, 6) is -1.44. The highest BCUT2D eigenvalue weighted by Crippen LogP contribution is 2.26. The van der Waals surface area contributed by atoms with Crippen LogP contribution in [0.4, 0.5) is 4.39 Å². The van der Waals surface area contributed by atoms with Crippen LogP contribution in [-0.4, -0.2) is 31.4 Å². The SMILES string of the molecule is O=C(O)CSc1nc2cccnc2n1-c1cccc(F)c1. The van der Waals surface area contributed by atoms with Gasteiger partial charge < -0.3 is 5.11 Å². The third-order valence-corrected chi connectivity index (χ3v) is 3.70. The van der Waals surface area contributed by atoms with Crippen molar-refractivity contribution in [3.05, 3.63) is 48.4 Å². The molecule has 2 aromatic heterocycles. The molecule has 0 aliphatic heterocycles. The van der Waals surface area contributed by atoms with E-state index in [2.05, 4.69) is 9.97 Å². The molecule has 2 heterocycles. The lowest BCUT2D eigenvalue weighted by Crippen LogP contribution is -2.02. The topological polar surface area (TPSA) is 68.0 Å². The summed E-state index contributed by atoms with van der Waals surface area (Å²) in [6, 6.07) is 9.55. The molecule has 0 saturated heterocycles. The third-order valence-electron chi connectivity index (χ3n) is 2.78. The Morgan fingerprint density at radius 1 is 1.33 bits per heavy atom. The maximum atomic E-state index is 13.4. The van der Waals surface area contributed by atoms with E-state index >= 15 is 0 Å². The Labute approximate surface area is 123 Å². The fourth-order valence-electron chi connectivity index (χ4n) is 1.96. The number of halogens is 1. The average molecular weight is 303 g/mol. The van der Waals surface area contributed by atoms with Crippen molar-refractivity contribution in [3.8, 4) is 5.69 Å². The number of aliphatic carboxylic acids is 1. The Bertz CT molecular complexity index is 819. The quantitative estimate of drug-likeness (QED) is 0.751. The van der Waals surface area contributed by atoms with E-state index in [1.807, 2.05) is 0 Å². The van der Waals surface area contributed by atoms with Crippen LogP contribution < -0.4 is 0 Å². The summed E-state index contributed by atoms with van der Waals surface area (Å²) in [5, 5.41) is 9.29. The Morgan fingerprint density at radius 3 is 2.95 bits per heavy atom. The molecular weight excluding hydrogens is 293 g/mol. The van der Waals surface area contributed by atoms with E-state index in [0.29, 0.717) is 22.0 Å². The number of aromatic nitrogens is 3. The number of thioether (sulfide) groups is 1. The molecule has 0 unspecified atom stereocenters. The summed E-state index contributed by atoms with van der Waals surface area (Å²) >= 11 is 1.07. The molecule has 1 N–H and O–H groups in total. The summed E-state index contributed by atoms with van der Waals surface area (Å²) in [6.07, 6.45) is 1.62. The maximum absolute atomic E-state index is 13.4. The molecule has 21 heavy (non-hydrogen) atoms. The third kappa shape index (κ3) is 2.73. The molecule has 0 fully saturated rings. The Hall–Kier alpha value is -2.41. The number of rotatable bonds is 4. The highest BCUT2D eigenvalue weighted by Gasteiger charge is 2.15. The first-order chi connectivity index (χ1) is 10.1. The number of fused-ring (bicyclic) bond motifs is 1. The Morgan fingerprint density at radius 2 is 2.19 bits per heavy atom. The zero-order valence-electron chi connectivity index (χ0n) is 10.7. The van der Waals surface area contributed by atoms with Gasteiger partial charge in [0.1, 0.15) is 11.3 Å². The molecule has 0 amide bonds. The van der Waals surface area contributed by atoms with Crippen LogP contribution in [-0.2, 0) is 4.79 Å². The molecule has 0 saturated carbocycles. The molecule has 7 heteroatoms. The second kappa shape index (κ2) is 5.53. The van der Waals surface area contributed by atoms with Gasteiger partial charge in [-0.15, -0.1) is 0 Å². The van der Waals surface area contributed by atoms with E-state index in [-0.39, 0.29) is 11.6 Å². The molecule has 0 aliphatic carbocycles. The highest BCUT2D eigenvalue weighted by atomic mass is 32.2. The van der Waals surface area contributed by atoms with Gasteiger partial charge in [-0.25, -0.2) is 14.4 Å². The molecule has 0 spiro atoms. The van der Waals surface area contributed by atoms with Gasteiger partial charge in [-0.3, -0.25) is 9.36 Å². The maximum Gasteiger partial charge on any atom is 0.313 e.